The smallest absolute Gasteiger partial charge is 0.233 e. The highest BCUT2D eigenvalue weighted by atomic mass is 32.1. The lowest BCUT2D eigenvalue weighted by atomic mass is 9.68. The van der Waals surface area contributed by atoms with Gasteiger partial charge in [0.15, 0.2) is 0 Å². The SMILES string of the molecule is Cc1cc(F)ccc1CCNC(=O)C1(C(N)=S)CCC1. The van der Waals surface area contributed by atoms with E-state index in [0.717, 1.165) is 30.4 Å². The summed E-state index contributed by atoms with van der Waals surface area (Å²) in [7, 11) is 0. The molecule has 1 aromatic carbocycles. The zero-order chi connectivity index (χ0) is 14.8. The van der Waals surface area contributed by atoms with Crippen LogP contribution < -0.4 is 11.1 Å². The highest BCUT2D eigenvalue weighted by Gasteiger charge is 2.46. The molecule has 0 bridgehead atoms. The molecule has 0 radical (unpaired) electrons. The molecule has 0 spiro atoms. The number of amides is 1. The summed E-state index contributed by atoms with van der Waals surface area (Å²) in [5.74, 6) is -0.312. The number of nitrogens with two attached hydrogens (primary N) is 1. The largest absolute Gasteiger partial charge is 0.392 e. The number of halogens is 1. The number of hydrogen-bond donors (Lipinski definition) is 2. The first kappa shape index (κ1) is 14.9. The summed E-state index contributed by atoms with van der Waals surface area (Å²) in [6, 6.07) is 4.69. The van der Waals surface area contributed by atoms with E-state index in [4.69, 9.17) is 18.0 Å². The fourth-order valence-corrected chi connectivity index (χ4v) is 2.83. The van der Waals surface area contributed by atoms with Gasteiger partial charge in [-0.2, -0.15) is 0 Å². The lowest BCUT2D eigenvalue weighted by Crippen LogP contribution is -2.53. The summed E-state index contributed by atoms with van der Waals surface area (Å²) in [6.07, 6.45) is 3.14. The summed E-state index contributed by atoms with van der Waals surface area (Å²) < 4.78 is 13.0. The van der Waals surface area contributed by atoms with Gasteiger partial charge in [-0.1, -0.05) is 24.7 Å². The van der Waals surface area contributed by atoms with Crippen molar-refractivity contribution >= 4 is 23.1 Å². The van der Waals surface area contributed by atoms with Crippen LogP contribution in [0.5, 0.6) is 0 Å². The third-order valence-electron chi connectivity index (χ3n) is 4.10. The number of aryl methyl sites for hydroxylation is 1. The summed E-state index contributed by atoms with van der Waals surface area (Å²) in [6.45, 7) is 2.37. The van der Waals surface area contributed by atoms with Crippen molar-refractivity contribution in [3.63, 3.8) is 0 Å². The van der Waals surface area contributed by atoms with Crippen LogP contribution in [0.25, 0.3) is 0 Å². The van der Waals surface area contributed by atoms with Gasteiger partial charge in [-0.05, 0) is 49.4 Å². The molecule has 0 saturated heterocycles. The molecule has 108 valence electrons. The van der Waals surface area contributed by atoms with Crippen molar-refractivity contribution in [3.8, 4) is 0 Å². The molecule has 3 N–H and O–H groups in total. The average Bonchev–Trinajstić information content (AvgIpc) is 2.30. The number of thiocarbonyl (C=S) groups is 1. The maximum absolute atomic E-state index is 13.0. The Morgan fingerprint density at radius 3 is 2.70 bits per heavy atom. The number of rotatable bonds is 5. The van der Waals surface area contributed by atoms with Gasteiger partial charge in [-0.25, -0.2) is 4.39 Å². The summed E-state index contributed by atoms with van der Waals surface area (Å²) in [5.41, 5.74) is 6.98. The zero-order valence-electron chi connectivity index (χ0n) is 11.5. The van der Waals surface area contributed by atoms with Gasteiger partial charge in [-0.3, -0.25) is 4.79 Å². The van der Waals surface area contributed by atoms with Crippen molar-refractivity contribution in [2.75, 3.05) is 6.54 Å². The minimum atomic E-state index is -0.632. The molecule has 1 fully saturated rings. The van der Waals surface area contributed by atoms with Crippen LogP contribution in [-0.2, 0) is 11.2 Å². The first-order chi connectivity index (χ1) is 9.45. The highest BCUT2D eigenvalue weighted by molar-refractivity contribution is 7.80. The standard InChI is InChI=1S/C15H19FN2OS/c1-10-9-12(16)4-3-11(10)5-8-18-14(19)15(13(17)20)6-2-7-15/h3-4,9H,2,5-8H2,1H3,(H2,17,20)(H,18,19). The lowest BCUT2D eigenvalue weighted by molar-refractivity contribution is -0.130. The van der Waals surface area contributed by atoms with Crippen molar-refractivity contribution in [3.05, 3.63) is 35.1 Å². The Kier molecular flexibility index (Phi) is 4.38. The summed E-state index contributed by atoms with van der Waals surface area (Å²) in [5, 5.41) is 2.90. The van der Waals surface area contributed by atoms with Gasteiger partial charge in [0, 0.05) is 6.54 Å². The molecular weight excluding hydrogens is 275 g/mol. The Morgan fingerprint density at radius 1 is 1.50 bits per heavy atom. The Balaban J connectivity index is 1.90. The van der Waals surface area contributed by atoms with E-state index in [0.29, 0.717) is 18.0 Å². The molecule has 0 aliphatic heterocycles. The van der Waals surface area contributed by atoms with E-state index < -0.39 is 5.41 Å². The fourth-order valence-electron chi connectivity index (χ4n) is 2.54. The third kappa shape index (κ3) is 2.82. The second kappa shape index (κ2) is 5.87. The van der Waals surface area contributed by atoms with Crippen molar-refractivity contribution in [2.24, 2.45) is 11.1 Å². The Bertz CT molecular complexity index is 541. The number of carbonyl (C=O) groups is 1. The average molecular weight is 294 g/mol. The van der Waals surface area contributed by atoms with Gasteiger partial charge < -0.3 is 11.1 Å². The van der Waals surface area contributed by atoms with E-state index in [1.165, 1.54) is 12.1 Å². The molecule has 3 nitrogen and oxygen atoms in total. The molecule has 1 aliphatic carbocycles. The summed E-state index contributed by atoms with van der Waals surface area (Å²) >= 11 is 5.01. The molecule has 20 heavy (non-hydrogen) atoms. The molecule has 2 rings (SSSR count). The van der Waals surface area contributed by atoms with Gasteiger partial charge >= 0.3 is 0 Å². The Labute approximate surface area is 123 Å². The van der Waals surface area contributed by atoms with Gasteiger partial charge in [0.2, 0.25) is 5.91 Å². The van der Waals surface area contributed by atoms with Crippen LogP contribution in [0.1, 0.15) is 30.4 Å². The number of nitrogens with one attached hydrogen (secondary N) is 1. The van der Waals surface area contributed by atoms with Gasteiger partial charge in [0.05, 0.1) is 10.4 Å². The third-order valence-corrected chi connectivity index (χ3v) is 4.49. The number of hydrogen-bond acceptors (Lipinski definition) is 2. The zero-order valence-corrected chi connectivity index (χ0v) is 12.4. The quantitative estimate of drug-likeness (QED) is 0.819. The van der Waals surface area contributed by atoms with E-state index in [1.54, 1.807) is 6.07 Å². The van der Waals surface area contributed by atoms with E-state index >= 15 is 0 Å². The van der Waals surface area contributed by atoms with Crippen LogP contribution in [0.15, 0.2) is 18.2 Å². The molecule has 1 aromatic rings. The van der Waals surface area contributed by atoms with E-state index in [-0.39, 0.29) is 11.7 Å². The molecule has 0 atom stereocenters. The predicted molar refractivity (Wildman–Crippen MR) is 80.9 cm³/mol. The van der Waals surface area contributed by atoms with Crippen molar-refractivity contribution in [1.82, 2.24) is 5.32 Å². The Hall–Kier alpha value is -1.49. The number of carbonyl (C=O) groups excluding carboxylic acids is 1. The van der Waals surface area contributed by atoms with E-state index in [1.807, 2.05) is 6.92 Å². The van der Waals surface area contributed by atoms with Crippen LogP contribution >= 0.6 is 12.2 Å². The maximum Gasteiger partial charge on any atom is 0.233 e. The highest BCUT2D eigenvalue weighted by Crippen LogP contribution is 2.41. The van der Waals surface area contributed by atoms with Gasteiger partial charge in [-0.15, -0.1) is 0 Å². The second-order valence-electron chi connectivity index (χ2n) is 5.38. The van der Waals surface area contributed by atoms with Crippen molar-refractivity contribution < 1.29 is 9.18 Å². The molecule has 0 aromatic heterocycles. The second-order valence-corrected chi connectivity index (χ2v) is 5.82. The van der Waals surface area contributed by atoms with Gasteiger partial charge in [0.1, 0.15) is 5.82 Å². The first-order valence-corrected chi connectivity index (χ1v) is 7.20. The van der Waals surface area contributed by atoms with Crippen LogP contribution in [-0.4, -0.2) is 17.4 Å². The van der Waals surface area contributed by atoms with Crippen molar-refractivity contribution in [2.45, 2.75) is 32.6 Å². The van der Waals surface area contributed by atoms with E-state index in [2.05, 4.69) is 5.32 Å². The molecule has 0 heterocycles. The lowest BCUT2D eigenvalue weighted by Gasteiger charge is -2.39. The van der Waals surface area contributed by atoms with Crippen LogP contribution in [0.4, 0.5) is 4.39 Å². The normalized spacial score (nSPS) is 16.3. The molecule has 1 aliphatic rings. The minimum Gasteiger partial charge on any atom is -0.392 e. The van der Waals surface area contributed by atoms with Crippen molar-refractivity contribution in [1.29, 1.82) is 0 Å². The molecule has 1 saturated carbocycles. The maximum atomic E-state index is 13.0. The minimum absolute atomic E-state index is 0.0731. The molecular formula is C15H19FN2OS. The summed E-state index contributed by atoms with van der Waals surface area (Å²) in [4.78, 5) is 12.5. The van der Waals surface area contributed by atoms with Crippen LogP contribution in [0.2, 0.25) is 0 Å². The molecule has 0 unspecified atom stereocenters. The van der Waals surface area contributed by atoms with E-state index in [9.17, 15) is 9.18 Å². The first-order valence-electron chi connectivity index (χ1n) is 6.79. The number of benzene rings is 1. The monoisotopic (exact) mass is 294 g/mol. The topological polar surface area (TPSA) is 55.1 Å². The molecule has 1 amide bonds. The predicted octanol–water partition coefficient (Wildman–Crippen LogP) is 2.25. The fraction of sp³-hybridized carbons (Fsp3) is 0.467. The Morgan fingerprint density at radius 2 is 2.20 bits per heavy atom. The van der Waals surface area contributed by atoms with Crippen LogP contribution in [0, 0.1) is 18.2 Å². The van der Waals surface area contributed by atoms with Gasteiger partial charge in [0.25, 0.3) is 0 Å². The molecule has 5 heteroatoms. The van der Waals surface area contributed by atoms with Crippen LogP contribution in [0.3, 0.4) is 0 Å².